The molecule has 2 aromatic rings. The molecule has 1 fully saturated rings. The number of carbonyl (C=O) groups is 4. The van der Waals surface area contributed by atoms with E-state index in [0.29, 0.717) is 39.0 Å². The van der Waals surface area contributed by atoms with E-state index in [0.717, 1.165) is 16.7 Å². The zero-order chi connectivity index (χ0) is 38.1. The molecule has 0 unspecified atom stereocenters. The van der Waals surface area contributed by atoms with Crippen molar-refractivity contribution >= 4 is 23.9 Å². The molecule has 1 saturated heterocycles. The maximum atomic E-state index is 14.3. The van der Waals surface area contributed by atoms with E-state index >= 15 is 0 Å². The molecule has 0 aliphatic carbocycles. The second kappa shape index (κ2) is 17.8. The molecule has 1 aliphatic rings. The van der Waals surface area contributed by atoms with Crippen LogP contribution in [0.15, 0.2) is 48.8 Å². The standard InChI is InChI=1S/C38H59N7O6/c1-25(2)16-18-44(42-33(47)31(37(4,5)6)41-35(49)50)24-30(46)29(21-27-13-11-10-12-14-27)40-34(48)32(38(7,8)9)45-20-19-43(36(45)51)23-28-22-39-17-15-26(28)3/h10-15,17,22,25,29-32,41,46H,16,18-21,23-24H2,1-9H3,(H,40,48)(H,42,47)(H,49,50)/t29-,30-,31+,32+/m0/s1. The fourth-order valence-electron chi connectivity index (χ4n) is 6.25. The second-order valence-corrected chi connectivity index (χ2v) is 16.2. The molecule has 1 aliphatic heterocycles. The highest BCUT2D eigenvalue weighted by atomic mass is 16.4. The van der Waals surface area contributed by atoms with Crippen molar-refractivity contribution in [2.75, 3.05) is 26.2 Å². The normalized spacial score (nSPS) is 16.2. The van der Waals surface area contributed by atoms with E-state index in [1.807, 2.05) is 77.9 Å². The molecule has 1 aromatic heterocycles. The third kappa shape index (κ3) is 12.2. The number of hydrogen-bond acceptors (Lipinski definition) is 7. The van der Waals surface area contributed by atoms with Crippen molar-refractivity contribution in [3.63, 3.8) is 0 Å². The Bertz CT molecular complexity index is 1470. The molecule has 51 heavy (non-hydrogen) atoms. The van der Waals surface area contributed by atoms with E-state index in [1.165, 1.54) is 0 Å². The Morgan fingerprint density at radius 2 is 1.63 bits per heavy atom. The highest BCUT2D eigenvalue weighted by Crippen LogP contribution is 2.29. The minimum absolute atomic E-state index is 0.0404. The van der Waals surface area contributed by atoms with Gasteiger partial charge in [0, 0.05) is 45.1 Å². The van der Waals surface area contributed by atoms with Crippen LogP contribution >= 0.6 is 0 Å². The van der Waals surface area contributed by atoms with Crippen molar-refractivity contribution in [3.8, 4) is 0 Å². The van der Waals surface area contributed by atoms with Gasteiger partial charge in [-0.3, -0.25) is 20.0 Å². The van der Waals surface area contributed by atoms with Crippen molar-refractivity contribution in [1.29, 1.82) is 0 Å². The maximum absolute atomic E-state index is 14.3. The summed E-state index contributed by atoms with van der Waals surface area (Å²) in [5.41, 5.74) is 4.34. The van der Waals surface area contributed by atoms with Gasteiger partial charge < -0.3 is 30.6 Å². The van der Waals surface area contributed by atoms with E-state index in [2.05, 4.69) is 21.0 Å². The third-order valence-electron chi connectivity index (χ3n) is 9.15. The lowest BCUT2D eigenvalue weighted by molar-refractivity contribution is -0.133. The maximum Gasteiger partial charge on any atom is 0.405 e. The number of nitrogens with one attached hydrogen (secondary N) is 3. The van der Waals surface area contributed by atoms with Gasteiger partial charge >= 0.3 is 12.1 Å². The number of aryl methyl sites for hydroxylation is 1. The van der Waals surface area contributed by atoms with Crippen LogP contribution in [-0.4, -0.2) is 104 Å². The summed E-state index contributed by atoms with van der Waals surface area (Å²) in [6.45, 7) is 18.7. The lowest BCUT2D eigenvalue weighted by Crippen LogP contribution is -2.61. The predicted octanol–water partition coefficient (Wildman–Crippen LogP) is 4.19. The van der Waals surface area contributed by atoms with Crippen LogP contribution in [0.25, 0.3) is 0 Å². The molecule has 13 nitrogen and oxygen atoms in total. The number of aromatic nitrogens is 1. The fraction of sp³-hybridized carbons (Fsp3) is 0.605. The van der Waals surface area contributed by atoms with Crippen molar-refractivity contribution < 1.29 is 29.4 Å². The number of benzene rings is 1. The van der Waals surface area contributed by atoms with Gasteiger partial charge in [-0.1, -0.05) is 85.7 Å². The van der Waals surface area contributed by atoms with Gasteiger partial charge in [-0.15, -0.1) is 0 Å². The van der Waals surface area contributed by atoms with E-state index in [9.17, 15) is 29.4 Å². The Labute approximate surface area is 303 Å². The van der Waals surface area contributed by atoms with Gasteiger partial charge in [0.05, 0.1) is 12.1 Å². The van der Waals surface area contributed by atoms with Crippen molar-refractivity contribution in [3.05, 3.63) is 65.5 Å². The molecule has 4 atom stereocenters. The number of hydrogen-bond donors (Lipinski definition) is 5. The molecule has 1 aromatic carbocycles. The first-order valence-electron chi connectivity index (χ1n) is 17.8. The first kappa shape index (κ1) is 41.2. The van der Waals surface area contributed by atoms with Crippen molar-refractivity contribution in [2.24, 2.45) is 16.7 Å². The number of amides is 5. The molecule has 5 amide bonds. The molecule has 0 radical (unpaired) electrons. The van der Waals surface area contributed by atoms with Crippen LogP contribution in [0.4, 0.5) is 9.59 Å². The number of urea groups is 1. The average Bonchev–Trinajstić information content (AvgIpc) is 3.37. The van der Waals surface area contributed by atoms with Crippen molar-refractivity contribution in [2.45, 2.75) is 106 Å². The number of rotatable bonds is 16. The van der Waals surface area contributed by atoms with Gasteiger partial charge in [-0.2, -0.15) is 0 Å². The van der Waals surface area contributed by atoms with Crippen LogP contribution in [0.3, 0.4) is 0 Å². The van der Waals surface area contributed by atoms with Crippen LogP contribution in [-0.2, 0) is 22.6 Å². The van der Waals surface area contributed by atoms with Gasteiger partial charge in [0.2, 0.25) is 5.91 Å². The van der Waals surface area contributed by atoms with E-state index < -0.39 is 47.1 Å². The zero-order valence-electron chi connectivity index (χ0n) is 31.8. The van der Waals surface area contributed by atoms with Crippen LogP contribution in [0, 0.1) is 23.7 Å². The number of hydrazine groups is 1. The van der Waals surface area contributed by atoms with Crippen LogP contribution < -0.4 is 16.1 Å². The molecule has 3 rings (SSSR count). The molecule has 282 valence electrons. The van der Waals surface area contributed by atoms with Gasteiger partial charge in [-0.25, -0.2) is 14.6 Å². The summed E-state index contributed by atoms with van der Waals surface area (Å²) in [6.07, 6.45) is 1.99. The largest absolute Gasteiger partial charge is 0.465 e. The summed E-state index contributed by atoms with van der Waals surface area (Å²) < 4.78 is 0. The van der Waals surface area contributed by atoms with Crippen LogP contribution in [0.2, 0.25) is 0 Å². The summed E-state index contributed by atoms with van der Waals surface area (Å²) in [6, 6.07) is 8.49. The molecule has 0 spiro atoms. The first-order valence-corrected chi connectivity index (χ1v) is 17.8. The molecule has 5 N–H and O–H groups in total. The molecule has 13 heteroatoms. The Morgan fingerprint density at radius 3 is 2.20 bits per heavy atom. The van der Waals surface area contributed by atoms with Gasteiger partial charge in [0.15, 0.2) is 0 Å². The lowest BCUT2D eigenvalue weighted by atomic mass is 9.84. The molecule has 2 heterocycles. The van der Waals surface area contributed by atoms with E-state index in [4.69, 9.17) is 0 Å². The predicted molar refractivity (Wildman–Crippen MR) is 196 cm³/mol. The highest BCUT2D eigenvalue weighted by molar-refractivity contribution is 5.89. The fourth-order valence-corrected chi connectivity index (χ4v) is 6.25. The van der Waals surface area contributed by atoms with Gasteiger partial charge in [0.25, 0.3) is 5.91 Å². The molecular formula is C38H59N7O6. The van der Waals surface area contributed by atoms with Crippen LogP contribution in [0.1, 0.15) is 78.5 Å². The summed E-state index contributed by atoms with van der Waals surface area (Å²) in [5.74, 6) is -0.647. The Balaban J connectivity index is 1.87. The summed E-state index contributed by atoms with van der Waals surface area (Å²) in [7, 11) is 0. The third-order valence-corrected chi connectivity index (χ3v) is 9.15. The monoisotopic (exact) mass is 709 g/mol. The minimum atomic E-state index is -1.32. The lowest BCUT2D eigenvalue weighted by Gasteiger charge is -2.38. The van der Waals surface area contributed by atoms with E-state index in [1.54, 1.807) is 48.0 Å². The number of carboxylic acid groups (broad SMARTS) is 1. The first-order chi connectivity index (χ1) is 23.8. The number of nitrogens with zero attached hydrogens (tertiary/aromatic N) is 4. The summed E-state index contributed by atoms with van der Waals surface area (Å²) in [4.78, 5) is 60.7. The summed E-state index contributed by atoms with van der Waals surface area (Å²) >= 11 is 0. The number of carbonyl (C=O) groups excluding carboxylic acids is 3. The average molecular weight is 710 g/mol. The van der Waals surface area contributed by atoms with Crippen molar-refractivity contribution in [1.82, 2.24) is 35.9 Å². The number of aliphatic hydroxyl groups excluding tert-OH is 1. The summed E-state index contributed by atoms with van der Waals surface area (Å²) in [5, 5.41) is 28.3. The van der Waals surface area contributed by atoms with Gasteiger partial charge in [0.1, 0.15) is 12.1 Å². The molecule has 0 bridgehead atoms. The molecule has 0 saturated carbocycles. The Kier molecular flexibility index (Phi) is 14.4. The second-order valence-electron chi connectivity index (χ2n) is 16.2. The minimum Gasteiger partial charge on any atom is -0.465 e. The van der Waals surface area contributed by atoms with Crippen LogP contribution in [0.5, 0.6) is 0 Å². The quantitative estimate of drug-likeness (QED) is 0.162. The SMILES string of the molecule is Cc1ccncc1CN1CCN([C@H](C(=O)N[C@@H](Cc2ccccc2)[C@@H](O)CN(CCC(C)C)NC(=O)[C@@H](NC(=O)O)C(C)(C)C)C(C)(C)C)C1=O. The Morgan fingerprint density at radius 1 is 0.961 bits per heavy atom. The Hall–Kier alpha value is -4.23. The van der Waals surface area contributed by atoms with Gasteiger partial charge in [-0.05, 0) is 59.3 Å². The smallest absolute Gasteiger partial charge is 0.405 e. The highest BCUT2D eigenvalue weighted by Gasteiger charge is 2.44. The molecular weight excluding hydrogens is 650 g/mol. The van der Waals surface area contributed by atoms with E-state index in [-0.39, 0.29) is 24.4 Å². The number of pyridine rings is 1. The number of aliphatic hydroxyl groups is 1. The topological polar surface area (TPSA) is 167 Å². The zero-order valence-corrected chi connectivity index (χ0v) is 31.8.